The van der Waals surface area contributed by atoms with E-state index >= 15 is 0 Å². The highest BCUT2D eigenvalue weighted by Crippen LogP contribution is 1.96. The van der Waals surface area contributed by atoms with Crippen molar-refractivity contribution in [1.82, 2.24) is 0 Å². The molecule has 0 aliphatic heterocycles. The highest BCUT2D eigenvalue weighted by molar-refractivity contribution is 5.98. The molecule has 1 nitrogen and oxygen atoms in total. The largest absolute Gasteiger partial charge is 0.408 e. The normalized spacial score (nSPS) is 8.60. The first-order chi connectivity index (χ1) is 4.91. The predicted molar refractivity (Wildman–Crippen MR) is 43.6 cm³/mol. The van der Waals surface area contributed by atoms with Crippen LogP contribution in [0.25, 0.3) is 0 Å². The van der Waals surface area contributed by atoms with Crippen LogP contribution in [0.15, 0.2) is 0 Å². The third kappa shape index (κ3) is 7.74. The van der Waals surface area contributed by atoms with E-state index in [-0.39, 0.29) is 0 Å². The van der Waals surface area contributed by atoms with E-state index in [0.717, 1.165) is 6.42 Å². The average Bonchev–Trinajstić information content (AvgIpc) is 1.97. The van der Waals surface area contributed by atoms with Crippen molar-refractivity contribution in [1.29, 1.82) is 0 Å². The van der Waals surface area contributed by atoms with Gasteiger partial charge in [-0.3, -0.25) is 0 Å². The molecule has 0 aromatic rings. The van der Waals surface area contributed by atoms with Gasteiger partial charge < -0.3 is 4.43 Å². The summed E-state index contributed by atoms with van der Waals surface area (Å²) in [4.78, 5) is 0. The van der Waals surface area contributed by atoms with Crippen molar-refractivity contribution in [3.8, 4) is 11.8 Å². The van der Waals surface area contributed by atoms with Crippen molar-refractivity contribution < 1.29 is 4.43 Å². The van der Waals surface area contributed by atoms with Gasteiger partial charge in [-0.1, -0.05) is 25.7 Å². The van der Waals surface area contributed by atoms with Gasteiger partial charge in [0.25, 0.3) is 0 Å². The first-order valence-electron chi connectivity index (χ1n) is 3.66. The van der Waals surface area contributed by atoms with Crippen LogP contribution in [0.4, 0.5) is 0 Å². The second-order valence-corrected chi connectivity index (χ2v) is 2.39. The molecule has 0 bridgehead atoms. The van der Waals surface area contributed by atoms with Crippen LogP contribution in [-0.2, 0) is 4.43 Å². The van der Waals surface area contributed by atoms with Gasteiger partial charge in [0.2, 0.25) is 10.5 Å². The molecule has 10 heavy (non-hydrogen) atoms. The second kappa shape index (κ2) is 8.74. The van der Waals surface area contributed by atoms with Gasteiger partial charge >= 0.3 is 0 Å². The maximum Gasteiger partial charge on any atom is 0.247 e. The predicted octanol–water partition coefficient (Wildman–Crippen LogP) is 1.67. The molecule has 3 radical (unpaired) electrons. The molecule has 0 saturated heterocycles. The van der Waals surface area contributed by atoms with Crippen LogP contribution in [-0.4, -0.2) is 17.1 Å². The molecule has 0 N–H and O–H groups in total. The smallest absolute Gasteiger partial charge is 0.247 e. The molecular formula is C8H13OSi. The van der Waals surface area contributed by atoms with Crippen LogP contribution >= 0.6 is 0 Å². The summed E-state index contributed by atoms with van der Waals surface area (Å²) in [5.74, 6) is 5.89. The van der Waals surface area contributed by atoms with E-state index in [9.17, 15) is 0 Å². The lowest BCUT2D eigenvalue weighted by Crippen LogP contribution is -1.82. The van der Waals surface area contributed by atoms with Crippen molar-refractivity contribution in [2.75, 3.05) is 6.61 Å². The zero-order valence-electron chi connectivity index (χ0n) is 6.44. The Hall–Kier alpha value is -0.263. The summed E-state index contributed by atoms with van der Waals surface area (Å²) in [5.41, 5.74) is 0. The second-order valence-electron chi connectivity index (χ2n) is 2.10. The Labute approximate surface area is 66.7 Å². The maximum atomic E-state index is 4.58. The summed E-state index contributed by atoms with van der Waals surface area (Å²) >= 11 is 0. The van der Waals surface area contributed by atoms with Crippen molar-refractivity contribution >= 4 is 10.5 Å². The van der Waals surface area contributed by atoms with Gasteiger partial charge in [0.05, 0.1) is 6.61 Å². The Morgan fingerprint density at radius 2 is 2.10 bits per heavy atom. The average molecular weight is 153 g/mol. The molecule has 0 aromatic carbocycles. The van der Waals surface area contributed by atoms with Crippen LogP contribution in [0.5, 0.6) is 0 Å². The lowest BCUT2D eigenvalue weighted by molar-refractivity contribution is 0.409. The Morgan fingerprint density at radius 3 is 2.70 bits per heavy atom. The van der Waals surface area contributed by atoms with Crippen molar-refractivity contribution in [2.24, 2.45) is 0 Å². The molecule has 0 aliphatic rings. The number of unbranched alkanes of at least 4 members (excludes halogenated alkanes) is 3. The molecule has 0 heterocycles. The van der Waals surface area contributed by atoms with E-state index in [1.807, 2.05) is 0 Å². The van der Waals surface area contributed by atoms with E-state index in [1.165, 1.54) is 19.3 Å². The molecule has 0 unspecified atom stereocenters. The number of hydrogen-bond acceptors (Lipinski definition) is 1. The molecule has 0 aliphatic carbocycles. The summed E-state index contributed by atoms with van der Waals surface area (Å²) in [6, 6.07) is 0. The third-order valence-corrected chi connectivity index (χ3v) is 1.32. The van der Waals surface area contributed by atoms with E-state index < -0.39 is 0 Å². The Kier molecular flexibility index (Phi) is 8.51. The summed E-state index contributed by atoms with van der Waals surface area (Å²) in [5, 5.41) is 0. The summed E-state index contributed by atoms with van der Waals surface area (Å²) in [6.07, 6.45) is 4.76. The van der Waals surface area contributed by atoms with Crippen LogP contribution in [0.1, 0.15) is 32.6 Å². The summed E-state index contributed by atoms with van der Waals surface area (Å²) < 4.78 is 4.58. The van der Waals surface area contributed by atoms with Crippen molar-refractivity contribution in [2.45, 2.75) is 32.6 Å². The van der Waals surface area contributed by atoms with E-state index in [4.69, 9.17) is 0 Å². The van der Waals surface area contributed by atoms with Crippen LogP contribution in [0, 0.1) is 11.8 Å². The van der Waals surface area contributed by atoms with Gasteiger partial charge in [-0.2, -0.15) is 0 Å². The highest BCUT2D eigenvalue weighted by Gasteiger charge is 1.79. The van der Waals surface area contributed by atoms with E-state index in [1.54, 1.807) is 0 Å². The molecule has 0 spiro atoms. The topological polar surface area (TPSA) is 9.23 Å². The molecule has 0 fully saturated rings. The monoisotopic (exact) mass is 153 g/mol. The highest BCUT2D eigenvalue weighted by atomic mass is 28.2. The number of hydrogen-bond donors (Lipinski definition) is 0. The van der Waals surface area contributed by atoms with Gasteiger partial charge in [-0.15, -0.1) is 5.92 Å². The minimum atomic E-state index is 0.489. The maximum absolute atomic E-state index is 4.58. The van der Waals surface area contributed by atoms with Crippen LogP contribution < -0.4 is 0 Å². The quantitative estimate of drug-likeness (QED) is 0.339. The lowest BCUT2D eigenvalue weighted by atomic mass is 10.2. The fourth-order valence-electron chi connectivity index (χ4n) is 0.639. The Balaban J connectivity index is 2.96. The van der Waals surface area contributed by atoms with Gasteiger partial charge in [-0.25, -0.2) is 0 Å². The number of rotatable bonds is 4. The minimum absolute atomic E-state index is 0.489. The van der Waals surface area contributed by atoms with Crippen molar-refractivity contribution in [3.05, 3.63) is 0 Å². The molecule has 55 valence electrons. The fraction of sp³-hybridized carbons (Fsp3) is 0.750. The van der Waals surface area contributed by atoms with Gasteiger partial charge in [-0.05, 0) is 6.42 Å². The molecule has 0 saturated carbocycles. The van der Waals surface area contributed by atoms with Crippen LogP contribution in [0.3, 0.4) is 0 Å². The first-order valence-corrected chi connectivity index (χ1v) is 4.07. The Bertz CT molecular complexity index is 112. The molecule has 0 atom stereocenters. The van der Waals surface area contributed by atoms with E-state index in [2.05, 4.69) is 33.7 Å². The standard InChI is InChI=1S/C8H13OSi/c1-2-3-4-5-6-7-8-9-10/h2-5,8H2,1H3. The zero-order valence-corrected chi connectivity index (χ0v) is 7.44. The van der Waals surface area contributed by atoms with Crippen molar-refractivity contribution in [3.63, 3.8) is 0 Å². The zero-order chi connectivity index (χ0) is 7.66. The Morgan fingerprint density at radius 1 is 1.30 bits per heavy atom. The third-order valence-electron chi connectivity index (χ3n) is 1.17. The first kappa shape index (κ1) is 9.74. The lowest BCUT2D eigenvalue weighted by Gasteiger charge is -1.88. The summed E-state index contributed by atoms with van der Waals surface area (Å²) in [7, 11) is 2.87. The SMILES string of the molecule is CCCCCC#CCO[Si]. The van der Waals surface area contributed by atoms with E-state index in [0.29, 0.717) is 6.61 Å². The van der Waals surface area contributed by atoms with Crippen LogP contribution in [0.2, 0.25) is 0 Å². The molecule has 0 rings (SSSR count). The molecule has 0 amide bonds. The fourth-order valence-corrected chi connectivity index (χ4v) is 0.711. The minimum Gasteiger partial charge on any atom is -0.408 e. The summed E-state index contributed by atoms with van der Waals surface area (Å²) in [6.45, 7) is 2.68. The van der Waals surface area contributed by atoms with Gasteiger partial charge in [0.15, 0.2) is 0 Å². The molecule has 0 aromatic heterocycles. The van der Waals surface area contributed by atoms with Gasteiger partial charge in [0.1, 0.15) is 0 Å². The molecular weight excluding hydrogens is 140 g/mol. The molecule has 2 heteroatoms. The van der Waals surface area contributed by atoms with Gasteiger partial charge in [0, 0.05) is 6.42 Å².